The fraction of sp³-hybridized carbons (Fsp3) is 0.333. The van der Waals surface area contributed by atoms with Gasteiger partial charge in [-0.3, -0.25) is 9.78 Å². The van der Waals surface area contributed by atoms with Crippen molar-refractivity contribution in [2.24, 2.45) is 0 Å². The first-order valence-corrected chi connectivity index (χ1v) is 9.45. The lowest BCUT2D eigenvalue weighted by Crippen LogP contribution is -2.41. The zero-order valence-electron chi connectivity index (χ0n) is 15.5. The van der Waals surface area contributed by atoms with Crippen LogP contribution in [0.15, 0.2) is 54.7 Å². The molecule has 1 amide bonds. The molecule has 0 N–H and O–H groups in total. The van der Waals surface area contributed by atoms with Crippen LogP contribution in [0.3, 0.4) is 0 Å². The predicted molar refractivity (Wildman–Crippen MR) is 103 cm³/mol. The predicted octanol–water partition coefficient (Wildman–Crippen LogP) is 3.27. The molecule has 3 aromatic rings. The lowest BCUT2D eigenvalue weighted by Gasteiger charge is -2.31. The third-order valence-corrected chi connectivity index (χ3v) is 5.02. The quantitative estimate of drug-likeness (QED) is 0.700. The Labute approximate surface area is 158 Å². The Morgan fingerprint density at radius 1 is 1.07 bits per heavy atom. The van der Waals surface area contributed by atoms with Crippen molar-refractivity contribution in [3.63, 3.8) is 0 Å². The standard InChI is InChI=1S/C21H23N5O/c1-2-8-17(18-11-6-7-12-22-18)21(27)25-13-14-26-19(15-25)23-24-20(26)16-9-4-3-5-10-16/h3-7,9-12,17H,2,8,13-15H2,1H3. The average Bonchev–Trinajstić information content (AvgIpc) is 3.16. The summed E-state index contributed by atoms with van der Waals surface area (Å²) in [5.41, 5.74) is 1.90. The van der Waals surface area contributed by atoms with Gasteiger partial charge in [0.25, 0.3) is 0 Å². The molecule has 0 radical (unpaired) electrons. The SMILES string of the molecule is CCCC(C(=O)N1CCn2c(nnc2-c2ccccc2)C1)c1ccccn1. The van der Waals surface area contributed by atoms with E-state index in [1.807, 2.05) is 53.4 Å². The molecule has 1 aliphatic heterocycles. The maximum atomic E-state index is 13.2. The normalized spacial score (nSPS) is 14.6. The largest absolute Gasteiger partial charge is 0.333 e. The van der Waals surface area contributed by atoms with Gasteiger partial charge in [-0.25, -0.2) is 0 Å². The van der Waals surface area contributed by atoms with E-state index in [0.717, 1.165) is 35.7 Å². The number of benzene rings is 1. The number of rotatable bonds is 5. The Kier molecular flexibility index (Phi) is 4.96. The van der Waals surface area contributed by atoms with Crippen LogP contribution in [0.1, 0.15) is 37.2 Å². The number of carbonyl (C=O) groups is 1. The highest BCUT2D eigenvalue weighted by molar-refractivity contribution is 5.83. The molecule has 1 aliphatic rings. The van der Waals surface area contributed by atoms with Gasteiger partial charge in [-0.05, 0) is 18.6 Å². The summed E-state index contributed by atoms with van der Waals surface area (Å²) in [7, 11) is 0. The fourth-order valence-corrected chi connectivity index (χ4v) is 3.64. The molecule has 0 spiro atoms. The number of fused-ring (bicyclic) bond motifs is 1. The molecule has 1 aromatic carbocycles. The van der Waals surface area contributed by atoms with E-state index in [-0.39, 0.29) is 11.8 Å². The minimum atomic E-state index is -0.195. The van der Waals surface area contributed by atoms with Gasteiger partial charge in [-0.2, -0.15) is 0 Å². The Bertz CT molecular complexity index is 907. The number of hydrogen-bond acceptors (Lipinski definition) is 4. The van der Waals surface area contributed by atoms with E-state index in [1.165, 1.54) is 0 Å². The van der Waals surface area contributed by atoms with Crippen LogP contribution in [-0.2, 0) is 17.9 Å². The first kappa shape index (κ1) is 17.4. The summed E-state index contributed by atoms with van der Waals surface area (Å²) in [6.45, 7) is 3.96. The first-order chi connectivity index (χ1) is 13.3. The summed E-state index contributed by atoms with van der Waals surface area (Å²) < 4.78 is 2.12. The monoisotopic (exact) mass is 361 g/mol. The molecule has 2 aromatic heterocycles. The van der Waals surface area contributed by atoms with Crippen LogP contribution in [-0.4, -0.2) is 37.1 Å². The molecule has 27 heavy (non-hydrogen) atoms. The van der Waals surface area contributed by atoms with Crippen molar-refractivity contribution in [1.82, 2.24) is 24.6 Å². The second-order valence-corrected chi connectivity index (χ2v) is 6.81. The van der Waals surface area contributed by atoms with Crippen molar-refractivity contribution >= 4 is 5.91 Å². The van der Waals surface area contributed by atoms with Crippen LogP contribution in [0.2, 0.25) is 0 Å². The van der Waals surface area contributed by atoms with E-state index in [0.29, 0.717) is 19.6 Å². The molecular weight excluding hydrogens is 338 g/mol. The van der Waals surface area contributed by atoms with E-state index < -0.39 is 0 Å². The van der Waals surface area contributed by atoms with Crippen molar-refractivity contribution in [2.75, 3.05) is 6.54 Å². The second kappa shape index (κ2) is 7.70. The molecule has 0 saturated carbocycles. The Morgan fingerprint density at radius 3 is 2.63 bits per heavy atom. The second-order valence-electron chi connectivity index (χ2n) is 6.81. The Hall–Kier alpha value is -3.02. The van der Waals surface area contributed by atoms with E-state index in [2.05, 4.69) is 26.7 Å². The molecule has 0 saturated heterocycles. The molecule has 138 valence electrons. The van der Waals surface area contributed by atoms with Crippen LogP contribution >= 0.6 is 0 Å². The van der Waals surface area contributed by atoms with Crippen molar-refractivity contribution in [1.29, 1.82) is 0 Å². The van der Waals surface area contributed by atoms with Gasteiger partial charge in [0.1, 0.15) is 0 Å². The van der Waals surface area contributed by atoms with E-state index in [9.17, 15) is 4.79 Å². The molecule has 3 heterocycles. The lowest BCUT2D eigenvalue weighted by molar-refractivity contribution is -0.134. The number of pyridine rings is 1. The Balaban J connectivity index is 1.56. The maximum Gasteiger partial charge on any atom is 0.232 e. The molecule has 6 heteroatoms. The molecular formula is C21H23N5O. The third kappa shape index (κ3) is 3.47. The molecule has 0 bridgehead atoms. The molecule has 0 aliphatic carbocycles. The van der Waals surface area contributed by atoms with Gasteiger partial charge >= 0.3 is 0 Å². The fourth-order valence-electron chi connectivity index (χ4n) is 3.64. The van der Waals surface area contributed by atoms with Gasteiger partial charge < -0.3 is 9.47 Å². The zero-order valence-corrected chi connectivity index (χ0v) is 15.5. The van der Waals surface area contributed by atoms with Crippen LogP contribution in [0.5, 0.6) is 0 Å². The summed E-state index contributed by atoms with van der Waals surface area (Å²) in [6.07, 6.45) is 3.49. The first-order valence-electron chi connectivity index (χ1n) is 9.45. The van der Waals surface area contributed by atoms with Crippen molar-refractivity contribution in [2.45, 2.75) is 38.8 Å². The highest BCUT2D eigenvalue weighted by atomic mass is 16.2. The molecule has 6 nitrogen and oxygen atoms in total. The number of nitrogens with zero attached hydrogens (tertiary/aromatic N) is 5. The number of amides is 1. The summed E-state index contributed by atoms with van der Waals surface area (Å²) in [5, 5.41) is 8.71. The maximum absolute atomic E-state index is 13.2. The van der Waals surface area contributed by atoms with Crippen molar-refractivity contribution in [3.8, 4) is 11.4 Å². The van der Waals surface area contributed by atoms with Gasteiger partial charge in [-0.15, -0.1) is 10.2 Å². The highest BCUT2D eigenvalue weighted by Crippen LogP contribution is 2.26. The average molecular weight is 361 g/mol. The highest BCUT2D eigenvalue weighted by Gasteiger charge is 2.30. The van der Waals surface area contributed by atoms with Gasteiger partial charge in [0.15, 0.2) is 11.6 Å². The van der Waals surface area contributed by atoms with Crippen LogP contribution in [0.25, 0.3) is 11.4 Å². The zero-order chi connectivity index (χ0) is 18.6. The summed E-state index contributed by atoms with van der Waals surface area (Å²) in [5.74, 6) is 1.64. The number of carbonyl (C=O) groups excluding carboxylic acids is 1. The molecule has 1 atom stereocenters. The number of aromatic nitrogens is 4. The third-order valence-electron chi connectivity index (χ3n) is 5.02. The molecule has 4 rings (SSSR count). The van der Waals surface area contributed by atoms with Crippen LogP contribution in [0.4, 0.5) is 0 Å². The van der Waals surface area contributed by atoms with Gasteiger partial charge in [-0.1, -0.05) is 49.7 Å². The number of hydrogen-bond donors (Lipinski definition) is 0. The summed E-state index contributed by atoms with van der Waals surface area (Å²) in [6, 6.07) is 15.8. The minimum absolute atomic E-state index is 0.131. The van der Waals surface area contributed by atoms with Gasteiger partial charge in [0, 0.05) is 24.8 Å². The van der Waals surface area contributed by atoms with Crippen molar-refractivity contribution < 1.29 is 4.79 Å². The summed E-state index contributed by atoms with van der Waals surface area (Å²) >= 11 is 0. The van der Waals surface area contributed by atoms with Crippen LogP contribution < -0.4 is 0 Å². The van der Waals surface area contributed by atoms with Crippen LogP contribution in [0, 0.1) is 0 Å². The molecule has 0 fully saturated rings. The lowest BCUT2D eigenvalue weighted by atomic mass is 9.97. The van der Waals surface area contributed by atoms with E-state index >= 15 is 0 Å². The van der Waals surface area contributed by atoms with Crippen molar-refractivity contribution in [3.05, 3.63) is 66.2 Å². The topological polar surface area (TPSA) is 63.9 Å². The minimum Gasteiger partial charge on any atom is -0.333 e. The van der Waals surface area contributed by atoms with Gasteiger partial charge in [0.2, 0.25) is 5.91 Å². The summed E-state index contributed by atoms with van der Waals surface area (Å²) in [4.78, 5) is 19.5. The molecule has 1 unspecified atom stereocenters. The van der Waals surface area contributed by atoms with Gasteiger partial charge in [0.05, 0.1) is 18.2 Å². The van der Waals surface area contributed by atoms with E-state index in [1.54, 1.807) is 6.20 Å². The smallest absolute Gasteiger partial charge is 0.232 e. The Morgan fingerprint density at radius 2 is 1.89 bits per heavy atom. The van der Waals surface area contributed by atoms with E-state index in [4.69, 9.17) is 0 Å².